The number of amides is 3. The number of nitrogens with one attached hydrogen (secondary N) is 1. The molecule has 7 rings (SSSR count). The standard InChI is InChI=1S/C36H33N5O5S/c42-33(31-12-5-19-40(31)36(44)46-23-24-7-2-1-3-8-24)38-27-15-13-26(14-16-27)32-34(43)41(22-28-10-6-20-45-28)35(47-32)39-30-11-4-9-25-17-18-37-21-29(25)30/h1-4,7-11,13-18,21,31-32H,5-6,12,19-20,22-23H2,(H,38,42)/t31-,32?/m0/s1. The largest absolute Gasteiger partial charge is 0.496 e. The van der Waals surface area contributed by atoms with Crippen molar-refractivity contribution in [2.75, 3.05) is 25.0 Å². The minimum Gasteiger partial charge on any atom is -0.496 e. The van der Waals surface area contributed by atoms with Gasteiger partial charge in [-0.05, 0) is 59.7 Å². The summed E-state index contributed by atoms with van der Waals surface area (Å²) in [5.74, 6) is 0.402. The fourth-order valence-electron chi connectivity index (χ4n) is 5.96. The van der Waals surface area contributed by atoms with Crippen LogP contribution >= 0.6 is 11.8 Å². The molecule has 0 bridgehead atoms. The van der Waals surface area contributed by atoms with E-state index in [1.165, 1.54) is 16.7 Å². The molecule has 0 radical (unpaired) electrons. The van der Waals surface area contributed by atoms with Crippen molar-refractivity contribution in [3.05, 3.63) is 114 Å². The predicted octanol–water partition coefficient (Wildman–Crippen LogP) is 6.58. The molecule has 2 fully saturated rings. The van der Waals surface area contributed by atoms with Gasteiger partial charge in [0.2, 0.25) is 11.8 Å². The summed E-state index contributed by atoms with van der Waals surface area (Å²) in [7, 11) is 0. The molecule has 4 heterocycles. The third-order valence-corrected chi connectivity index (χ3v) is 9.62. The number of aromatic nitrogens is 1. The van der Waals surface area contributed by atoms with E-state index in [4.69, 9.17) is 14.5 Å². The van der Waals surface area contributed by atoms with Gasteiger partial charge in [0.15, 0.2) is 5.17 Å². The number of thioether (sulfide) groups is 1. The fourth-order valence-corrected chi connectivity index (χ4v) is 7.12. The number of pyridine rings is 1. The van der Waals surface area contributed by atoms with Crippen LogP contribution in [-0.2, 0) is 25.7 Å². The summed E-state index contributed by atoms with van der Waals surface area (Å²) in [6.45, 7) is 1.53. The molecule has 3 aliphatic heterocycles. The van der Waals surface area contributed by atoms with Gasteiger partial charge in [0.05, 0.1) is 18.8 Å². The maximum absolute atomic E-state index is 13.8. The Morgan fingerprint density at radius 3 is 2.70 bits per heavy atom. The van der Waals surface area contributed by atoms with Crippen LogP contribution in [0.5, 0.6) is 0 Å². The molecule has 3 amide bonds. The van der Waals surface area contributed by atoms with E-state index in [-0.39, 0.29) is 18.4 Å². The molecule has 1 N–H and O–H groups in total. The average molecular weight is 648 g/mol. The number of hydrogen-bond donors (Lipinski definition) is 1. The number of ether oxygens (including phenoxy) is 2. The highest BCUT2D eigenvalue weighted by atomic mass is 32.2. The third-order valence-electron chi connectivity index (χ3n) is 8.39. The number of carbonyl (C=O) groups is 3. The van der Waals surface area contributed by atoms with E-state index in [9.17, 15) is 14.4 Å². The molecule has 3 aliphatic rings. The second kappa shape index (κ2) is 13.7. The normalized spacial score (nSPS) is 20.0. The predicted molar refractivity (Wildman–Crippen MR) is 181 cm³/mol. The van der Waals surface area contributed by atoms with E-state index < -0.39 is 17.4 Å². The monoisotopic (exact) mass is 647 g/mol. The van der Waals surface area contributed by atoms with Crippen LogP contribution in [0.1, 0.15) is 35.6 Å². The highest BCUT2D eigenvalue weighted by Gasteiger charge is 2.40. The molecule has 3 aromatic carbocycles. The van der Waals surface area contributed by atoms with Crippen molar-refractivity contribution < 1.29 is 23.9 Å². The van der Waals surface area contributed by atoms with Crippen LogP contribution in [0.2, 0.25) is 0 Å². The molecule has 0 saturated carbocycles. The Morgan fingerprint density at radius 1 is 1.04 bits per heavy atom. The van der Waals surface area contributed by atoms with Gasteiger partial charge >= 0.3 is 6.09 Å². The van der Waals surface area contributed by atoms with Gasteiger partial charge in [-0.2, -0.15) is 0 Å². The summed E-state index contributed by atoms with van der Waals surface area (Å²) in [4.78, 5) is 52.3. The third kappa shape index (κ3) is 6.71. The molecule has 2 saturated heterocycles. The van der Waals surface area contributed by atoms with Crippen LogP contribution in [0.4, 0.5) is 16.2 Å². The van der Waals surface area contributed by atoms with E-state index in [0.717, 1.165) is 46.2 Å². The van der Waals surface area contributed by atoms with Crippen molar-refractivity contribution >= 4 is 57.0 Å². The van der Waals surface area contributed by atoms with Gasteiger partial charge in [-0.15, -0.1) is 0 Å². The van der Waals surface area contributed by atoms with Crippen molar-refractivity contribution in [2.45, 2.75) is 37.2 Å². The minimum atomic E-state index is -0.617. The fraction of sp³-hybridized carbons (Fsp3) is 0.250. The second-order valence-electron chi connectivity index (χ2n) is 11.5. The number of rotatable bonds is 8. The maximum atomic E-state index is 13.8. The van der Waals surface area contributed by atoms with E-state index in [0.29, 0.717) is 37.0 Å². The van der Waals surface area contributed by atoms with Crippen LogP contribution in [0.25, 0.3) is 10.8 Å². The first kappa shape index (κ1) is 30.5. The number of aliphatic imine (C=N–C) groups is 1. The van der Waals surface area contributed by atoms with Crippen molar-refractivity contribution in [3.8, 4) is 0 Å². The zero-order valence-corrected chi connectivity index (χ0v) is 26.4. The molecule has 238 valence electrons. The van der Waals surface area contributed by atoms with Gasteiger partial charge in [-0.25, -0.2) is 9.79 Å². The van der Waals surface area contributed by atoms with Crippen LogP contribution in [0.3, 0.4) is 0 Å². The Balaban J connectivity index is 1.05. The SMILES string of the molecule is O=C(Nc1ccc(C2SC(=Nc3cccc4ccncc34)N(CC3=CCCO3)C2=O)cc1)[C@@H]1CCCN1C(=O)OCc1ccccc1. The first-order valence-corrected chi connectivity index (χ1v) is 16.5. The van der Waals surface area contributed by atoms with Gasteiger partial charge in [0.25, 0.3) is 0 Å². The van der Waals surface area contributed by atoms with Crippen molar-refractivity contribution in [1.82, 2.24) is 14.8 Å². The summed E-state index contributed by atoms with van der Waals surface area (Å²) < 4.78 is 11.2. The first-order chi connectivity index (χ1) is 23.0. The smallest absolute Gasteiger partial charge is 0.410 e. The summed E-state index contributed by atoms with van der Waals surface area (Å²) in [5.41, 5.74) is 3.00. The van der Waals surface area contributed by atoms with E-state index in [1.54, 1.807) is 29.4 Å². The molecule has 0 spiro atoms. The molecule has 2 atom stereocenters. The number of nitrogens with zero attached hydrogens (tertiary/aromatic N) is 4. The van der Waals surface area contributed by atoms with Crippen molar-refractivity contribution in [2.24, 2.45) is 4.99 Å². The zero-order valence-electron chi connectivity index (χ0n) is 25.6. The van der Waals surface area contributed by atoms with Crippen LogP contribution in [0.15, 0.2) is 108 Å². The lowest BCUT2D eigenvalue weighted by Crippen LogP contribution is -2.43. The van der Waals surface area contributed by atoms with Crippen LogP contribution < -0.4 is 5.32 Å². The minimum absolute atomic E-state index is 0.0871. The van der Waals surface area contributed by atoms with Gasteiger partial charge in [0, 0.05) is 36.4 Å². The highest BCUT2D eigenvalue weighted by molar-refractivity contribution is 8.15. The number of benzene rings is 3. The number of hydrogen-bond acceptors (Lipinski definition) is 8. The lowest BCUT2D eigenvalue weighted by molar-refractivity contribution is -0.126. The Kier molecular flexibility index (Phi) is 8.87. The maximum Gasteiger partial charge on any atom is 0.410 e. The van der Waals surface area contributed by atoms with Crippen LogP contribution in [0, 0.1) is 0 Å². The Morgan fingerprint density at radius 2 is 1.89 bits per heavy atom. The van der Waals surface area contributed by atoms with Gasteiger partial charge in [-0.3, -0.25) is 24.4 Å². The Bertz CT molecular complexity index is 1860. The summed E-state index contributed by atoms with van der Waals surface area (Å²) >= 11 is 1.39. The quantitative estimate of drug-likeness (QED) is 0.230. The van der Waals surface area contributed by atoms with Crippen molar-refractivity contribution in [1.29, 1.82) is 0 Å². The average Bonchev–Trinajstić information content (AvgIpc) is 3.87. The van der Waals surface area contributed by atoms with Crippen molar-refractivity contribution in [3.63, 3.8) is 0 Å². The Hall–Kier alpha value is -5.16. The Labute approximate surface area is 276 Å². The number of fused-ring (bicyclic) bond motifs is 1. The molecule has 11 heteroatoms. The molecular weight excluding hydrogens is 614 g/mol. The molecule has 10 nitrogen and oxygen atoms in total. The molecular formula is C36H33N5O5S. The topological polar surface area (TPSA) is 113 Å². The number of anilines is 1. The molecule has 47 heavy (non-hydrogen) atoms. The molecule has 0 aliphatic carbocycles. The van der Waals surface area contributed by atoms with Crippen LogP contribution in [-0.4, -0.2) is 63.6 Å². The lowest BCUT2D eigenvalue weighted by Gasteiger charge is -2.23. The lowest BCUT2D eigenvalue weighted by atomic mass is 10.1. The summed E-state index contributed by atoms with van der Waals surface area (Å²) in [6, 6.07) is 23.9. The molecule has 4 aromatic rings. The zero-order chi connectivity index (χ0) is 32.2. The first-order valence-electron chi connectivity index (χ1n) is 15.6. The second-order valence-corrected chi connectivity index (χ2v) is 12.6. The summed E-state index contributed by atoms with van der Waals surface area (Å²) in [5, 5.41) is 4.94. The van der Waals surface area contributed by atoms with Gasteiger partial charge in [-0.1, -0.05) is 66.4 Å². The summed E-state index contributed by atoms with van der Waals surface area (Å²) in [6.07, 6.45) is 7.13. The van der Waals surface area contributed by atoms with E-state index in [2.05, 4.69) is 10.3 Å². The molecule has 1 unspecified atom stereocenters. The van der Waals surface area contributed by atoms with E-state index in [1.807, 2.05) is 72.8 Å². The highest BCUT2D eigenvalue weighted by Crippen LogP contribution is 2.42. The van der Waals surface area contributed by atoms with E-state index >= 15 is 0 Å². The number of carbonyl (C=O) groups excluding carboxylic acids is 3. The molecule has 1 aromatic heterocycles. The number of amidine groups is 1. The van der Waals surface area contributed by atoms with Gasteiger partial charge < -0.3 is 14.8 Å². The number of likely N-dealkylation sites (tertiary alicyclic amines) is 1. The van der Waals surface area contributed by atoms with Gasteiger partial charge in [0.1, 0.15) is 23.7 Å².